The Balaban J connectivity index is 1.54. The lowest BCUT2D eigenvalue weighted by atomic mass is 9.95. The van der Waals surface area contributed by atoms with Crippen molar-refractivity contribution in [2.45, 2.75) is 42.4 Å². The summed E-state index contributed by atoms with van der Waals surface area (Å²) >= 11 is 1.68. The Hall–Kier alpha value is -2.77. The number of carbonyl (C=O) groups is 1. The Morgan fingerprint density at radius 3 is 2.81 bits per heavy atom. The standard InChI is InChI=1S/C24H26N2O4S/c1-14(27)8-10-26-24(28)23-15(2)31-22-13-17(5-7-19(22)23)30-21-9-11-25-20-12-16(29-3)4-6-18(20)21/h4-7,9,11-15,23,27H,8,10H2,1-3H3,(H,26,28). The second kappa shape index (κ2) is 9.16. The number of thioether (sulfide) groups is 1. The SMILES string of the molecule is COc1ccc2c(Oc3ccc4c(c3)SC(C)C4C(=O)NCCC(C)O)ccnc2c1. The molecule has 2 N–H and O–H groups in total. The number of nitrogens with zero attached hydrogens (tertiary/aromatic N) is 1. The number of nitrogens with one attached hydrogen (secondary N) is 1. The van der Waals surface area contributed by atoms with Crippen LogP contribution in [-0.2, 0) is 4.79 Å². The number of amides is 1. The van der Waals surface area contributed by atoms with E-state index in [0.717, 1.165) is 38.6 Å². The predicted molar refractivity (Wildman–Crippen MR) is 122 cm³/mol. The highest BCUT2D eigenvalue weighted by molar-refractivity contribution is 8.00. The zero-order chi connectivity index (χ0) is 22.0. The van der Waals surface area contributed by atoms with E-state index in [-0.39, 0.29) is 17.1 Å². The molecule has 162 valence electrons. The fourth-order valence-corrected chi connectivity index (χ4v) is 5.09. The fourth-order valence-electron chi connectivity index (χ4n) is 3.77. The molecular weight excluding hydrogens is 412 g/mol. The average molecular weight is 439 g/mol. The lowest BCUT2D eigenvalue weighted by Gasteiger charge is -2.16. The van der Waals surface area contributed by atoms with Gasteiger partial charge in [-0.2, -0.15) is 0 Å². The van der Waals surface area contributed by atoms with Gasteiger partial charge in [-0.3, -0.25) is 9.78 Å². The summed E-state index contributed by atoms with van der Waals surface area (Å²) in [7, 11) is 1.63. The molecule has 1 amide bonds. The monoisotopic (exact) mass is 438 g/mol. The van der Waals surface area contributed by atoms with Gasteiger partial charge in [-0.05, 0) is 49.2 Å². The van der Waals surface area contributed by atoms with Crippen molar-refractivity contribution in [2.75, 3.05) is 13.7 Å². The zero-order valence-electron chi connectivity index (χ0n) is 17.8. The third kappa shape index (κ3) is 4.62. The van der Waals surface area contributed by atoms with E-state index >= 15 is 0 Å². The van der Waals surface area contributed by atoms with Gasteiger partial charge in [0.25, 0.3) is 0 Å². The summed E-state index contributed by atoms with van der Waals surface area (Å²) in [4.78, 5) is 18.2. The molecule has 3 unspecified atom stereocenters. The normalized spacial score (nSPS) is 18.5. The number of aliphatic hydroxyl groups excluding tert-OH is 1. The number of aromatic nitrogens is 1. The molecule has 7 heteroatoms. The Morgan fingerprint density at radius 2 is 2.03 bits per heavy atom. The lowest BCUT2D eigenvalue weighted by Crippen LogP contribution is -2.33. The third-order valence-corrected chi connectivity index (χ3v) is 6.64. The number of carbonyl (C=O) groups excluding carboxylic acids is 1. The van der Waals surface area contributed by atoms with Crippen LogP contribution in [0.3, 0.4) is 0 Å². The van der Waals surface area contributed by atoms with Crippen LogP contribution in [0.1, 0.15) is 31.7 Å². The van der Waals surface area contributed by atoms with E-state index in [9.17, 15) is 9.90 Å². The van der Waals surface area contributed by atoms with Crippen LogP contribution in [0.15, 0.2) is 53.6 Å². The van der Waals surface area contributed by atoms with Crippen LogP contribution in [-0.4, -0.2) is 41.0 Å². The first kappa shape index (κ1) is 21.5. The highest BCUT2D eigenvalue weighted by atomic mass is 32.2. The number of pyridine rings is 1. The van der Waals surface area contributed by atoms with Gasteiger partial charge in [0.15, 0.2) is 0 Å². The number of rotatable bonds is 7. The quantitative estimate of drug-likeness (QED) is 0.565. The zero-order valence-corrected chi connectivity index (χ0v) is 18.6. The van der Waals surface area contributed by atoms with E-state index in [1.807, 2.05) is 42.5 Å². The summed E-state index contributed by atoms with van der Waals surface area (Å²) < 4.78 is 11.5. The molecule has 0 saturated carbocycles. The smallest absolute Gasteiger partial charge is 0.228 e. The third-order valence-electron chi connectivity index (χ3n) is 5.38. The number of hydrogen-bond acceptors (Lipinski definition) is 6. The molecule has 31 heavy (non-hydrogen) atoms. The number of hydrogen-bond donors (Lipinski definition) is 2. The minimum absolute atomic E-state index is 0.00198. The van der Waals surface area contributed by atoms with Gasteiger partial charge >= 0.3 is 0 Å². The topological polar surface area (TPSA) is 80.7 Å². The van der Waals surface area contributed by atoms with Crippen molar-refractivity contribution >= 4 is 28.6 Å². The molecule has 3 aromatic rings. The molecule has 0 radical (unpaired) electrons. The van der Waals surface area contributed by atoms with Crippen LogP contribution in [0.25, 0.3) is 10.9 Å². The lowest BCUT2D eigenvalue weighted by molar-refractivity contribution is -0.122. The number of methoxy groups -OCH3 is 1. The van der Waals surface area contributed by atoms with E-state index in [2.05, 4.69) is 17.2 Å². The minimum Gasteiger partial charge on any atom is -0.497 e. The molecule has 0 bridgehead atoms. The molecule has 1 aromatic heterocycles. The average Bonchev–Trinajstić information content (AvgIpc) is 3.08. The molecule has 0 spiro atoms. The molecule has 3 atom stereocenters. The van der Waals surface area contributed by atoms with Crippen LogP contribution in [0.2, 0.25) is 0 Å². The van der Waals surface area contributed by atoms with Gasteiger partial charge in [0.05, 0.1) is 24.6 Å². The summed E-state index contributed by atoms with van der Waals surface area (Å²) in [6.45, 7) is 4.26. The highest BCUT2D eigenvalue weighted by Crippen LogP contribution is 2.47. The predicted octanol–water partition coefficient (Wildman–Crippen LogP) is 4.50. The Labute approximate surface area is 186 Å². The van der Waals surface area contributed by atoms with Gasteiger partial charge in [-0.1, -0.05) is 13.0 Å². The maximum Gasteiger partial charge on any atom is 0.228 e. The molecule has 1 aliphatic heterocycles. The van der Waals surface area contributed by atoms with Crippen molar-refractivity contribution in [1.82, 2.24) is 10.3 Å². The molecule has 2 heterocycles. The largest absolute Gasteiger partial charge is 0.497 e. The van der Waals surface area contributed by atoms with Gasteiger partial charge in [0.2, 0.25) is 5.91 Å². The van der Waals surface area contributed by atoms with Crippen LogP contribution in [0.4, 0.5) is 0 Å². The number of fused-ring (bicyclic) bond motifs is 2. The van der Waals surface area contributed by atoms with Gasteiger partial charge < -0.3 is 19.9 Å². The molecule has 0 aliphatic carbocycles. The summed E-state index contributed by atoms with van der Waals surface area (Å²) in [5, 5.41) is 13.4. The maximum absolute atomic E-state index is 12.7. The molecule has 6 nitrogen and oxygen atoms in total. The van der Waals surface area contributed by atoms with Crippen LogP contribution < -0.4 is 14.8 Å². The van der Waals surface area contributed by atoms with Crippen molar-refractivity contribution in [3.05, 3.63) is 54.2 Å². The Kier molecular flexibility index (Phi) is 6.34. The van der Waals surface area contributed by atoms with Crippen LogP contribution >= 0.6 is 11.8 Å². The van der Waals surface area contributed by atoms with E-state index in [4.69, 9.17) is 9.47 Å². The second-order valence-electron chi connectivity index (χ2n) is 7.72. The summed E-state index contributed by atoms with van der Waals surface area (Å²) in [5.41, 5.74) is 1.82. The van der Waals surface area contributed by atoms with Gasteiger partial charge in [-0.15, -0.1) is 11.8 Å². The second-order valence-corrected chi connectivity index (χ2v) is 9.14. The van der Waals surface area contributed by atoms with Crippen molar-refractivity contribution < 1.29 is 19.4 Å². The Morgan fingerprint density at radius 1 is 1.23 bits per heavy atom. The summed E-state index contributed by atoms with van der Waals surface area (Å²) in [6.07, 6.45) is 1.84. The van der Waals surface area contributed by atoms with Crippen molar-refractivity contribution in [3.63, 3.8) is 0 Å². The molecule has 4 rings (SSSR count). The van der Waals surface area contributed by atoms with Crippen molar-refractivity contribution in [2.24, 2.45) is 0 Å². The number of benzene rings is 2. The Bertz CT molecular complexity index is 1100. The van der Waals surface area contributed by atoms with Gasteiger partial charge in [0, 0.05) is 34.3 Å². The first-order valence-electron chi connectivity index (χ1n) is 10.3. The minimum atomic E-state index is -0.423. The number of aliphatic hydroxyl groups is 1. The van der Waals surface area contributed by atoms with E-state index in [1.165, 1.54) is 0 Å². The molecule has 1 aliphatic rings. The maximum atomic E-state index is 12.7. The fraction of sp³-hybridized carbons (Fsp3) is 0.333. The summed E-state index contributed by atoms with van der Waals surface area (Å²) in [5.74, 6) is 1.98. The molecule has 2 aromatic carbocycles. The summed E-state index contributed by atoms with van der Waals surface area (Å²) in [6, 6.07) is 13.4. The van der Waals surface area contributed by atoms with E-state index in [1.54, 1.807) is 32.0 Å². The first-order chi connectivity index (χ1) is 15.0. The van der Waals surface area contributed by atoms with Crippen LogP contribution in [0, 0.1) is 0 Å². The first-order valence-corrected chi connectivity index (χ1v) is 11.2. The van der Waals surface area contributed by atoms with Gasteiger partial charge in [-0.25, -0.2) is 0 Å². The molecule has 0 fully saturated rings. The molecular formula is C24H26N2O4S. The van der Waals surface area contributed by atoms with E-state index < -0.39 is 6.10 Å². The molecule has 0 saturated heterocycles. The van der Waals surface area contributed by atoms with Crippen molar-refractivity contribution in [1.29, 1.82) is 0 Å². The van der Waals surface area contributed by atoms with E-state index in [0.29, 0.717) is 13.0 Å². The number of ether oxygens (including phenoxy) is 2. The van der Waals surface area contributed by atoms with Crippen molar-refractivity contribution in [3.8, 4) is 17.2 Å². The van der Waals surface area contributed by atoms with Gasteiger partial charge in [0.1, 0.15) is 17.2 Å². The van der Waals surface area contributed by atoms with Crippen LogP contribution in [0.5, 0.6) is 17.2 Å². The highest BCUT2D eigenvalue weighted by Gasteiger charge is 2.35.